The average Bonchev–Trinajstić information content (AvgIpc) is 2.37. The molecule has 0 atom stereocenters. The van der Waals surface area contributed by atoms with Crippen molar-refractivity contribution in [2.24, 2.45) is 0 Å². The van der Waals surface area contributed by atoms with Crippen LogP contribution in [-0.2, 0) is 4.74 Å². The first-order valence-corrected chi connectivity index (χ1v) is 7.50. The van der Waals surface area contributed by atoms with E-state index < -0.39 is 0 Å². The minimum absolute atomic E-state index is 0.820. The Balaban J connectivity index is 2.23. The van der Waals surface area contributed by atoms with Gasteiger partial charge in [0.2, 0.25) is 0 Å². The van der Waals surface area contributed by atoms with Crippen LogP contribution in [0.25, 0.3) is 0 Å². The first kappa shape index (κ1) is 15.5. The Morgan fingerprint density at radius 1 is 1.22 bits per heavy atom. The first-order valence-electron chi connectivity index (χ1n) is 6.51. The highest BCUT2D eigenvalue weighted by Crippen LogP contribution is 2.24. The third-order valence-corrected chi connectivity index (χ3v) is 4.42. The molecule has 2 nitrogen and oxygen atoms in total. The minimum atomic E-state index is 0.820. The van der Waals surface area contributed by atoms with Gasteiger partial charge in [-0.05, 0) is 56.8 Å². The lowest BCUT2D eigenvalue weighted by atomic mass is 10.1. The van der Waals surface area contributed by atoms with Gasteiger partial charge in [0.15, 0.2) is 0 Å². The van der Waals surface area contributed by atoms with Crippen molar-refractivity contribution in [1.29, 1.82) is 0 Å². The van der Waals surface area contributed by atoms with Crippen LogP contribution < -0.4 is 0 Å². The molecule has 0 spiro atoms. The smallest absolute Gasteiger partial charge is 0.0589 e. The maximum atomic E-state index is 5.07. The molecule has 102 valence electrons. The number of thioether (sulfide) groups is 1. The highest BCUT2D eigenvalue weighted by Gasteiger charge is 2.02. The second-order valence-electron chi connectivity index (χ2n) is 4.70. The first-order chi connectivity index (χ1) is 8.65. The Kier molecular flexibility index (Phi) is 7.40. The summed E-state index contributed by atoms with van der Waals surface area (Å²) in [6, 6.07) is 6.55. The number of aryl methyl sites for hydroxylation is 1. The van der Waals surface area contributed by atoms with Gasteiger partial charge in [-0.3, -0.25) is 0 Å². The molecule has 0 bridgehead atoms. The lowest BCUT2D eigenvalue weighted by Crippen LogP contribution is -2.24. The highest BCUT2D eigenvalue weighted by atomic mass is 32.2. The van der Waals surface area contributed by atoms with Gasteiger partial charge < -0.3 is 9.64 Å². The van der Waals surface area contributed by atoms with Crippen LogP contribution in [-0.4, -0.2) is 44.5 Å². The van der Waals surface area contributed by atoms with Gasteiger partial charge in [0.05, 0.1) is 6.61 Å². The second kappa shape index (κ2) is 8.57. The van der Waals surface area contributed by atoms with Crippen LogP contribution in [0.5, 0.6) is 0 Å². The number of hydrogen-bond donors (Lipinski definition) is 0. The van der Waals surface area contributed by atoms with E-state index in [1.165, 1.54) is 28.2 Å². The van der Waals surface area contributed by atoms with Crippen LogP contribution in [0.2, 0.25) is 0 Å². The summed E-state index contributed by atoms with van der Waals surface area (Å²) in [6.07, 6.45) is 1.22. The predicted octanol–water partition coefficient (Wildman–Crippen LogP) is 3.36. The molecule has 0 unspecified atom stereocenters. The van der Waals surface area contributed by atoms with E-state index in [9.17, 15) is 0 Å². The van der Waals surface area contributed by atoms with Gasteiger partial charge in [-0.1, -0.05) is 12.1 Å². The van der Waals surface area contributed by atoms with E-state index in [4.69, 9.17) is 4.74 Å². The topological polar surface area (TPSA) is 12.5 Å². The number of benzene rings is 1. The van der Waals surface area contributed by atoms with Gasteiger partial charge >= 0.3 is 0 Å². The zero-order valence-corrected chi connectivity index (χ0v) is 12.8. The second-order valence-corrected chi connectivity index (χ2v) is 5.83. The summed E-state index contributed by atoms with van der Waals surface area (Å²) in [6.45, 7) is 7.37. The molecule has 0 N–H and O–H groups in total. The van der Waals surface area contributed by atoms with Crippen LogP contribution in [0.4, 0.5) is 0 Å². The van der Waals surface area contributed by atoms with Crippen molar-refractivity contribution in [2.45, 2.75) is 25.2 Å². The molecule has 0 saturated heterocycles. The summed E-state index contributed by atoms with van der Waals surface area (Å²) in [4.78, 5) is 3.75. The molecule has 0 aliphatic heterocycles. The van der Waals surface area contributed by atoms with Crippen molar-refractivity contribution in [3.05, 3.63) is 29.3 Å². The fraction of sp³-hybridized carbons (Fsp3) is 0.600. The SMILES string of the molecule is COCCN(C)CCCSc1cccc(C)c1C. The fourth-order valence-electron chi connectivity index (χ4n) is 1.76. The normalized spacial score (nSPS) is 11.2. The number of ether oxygens (including phenoxy) is 1. The lowest BCUT2D eigenvalue weighted by molar-refractivity contribution is 0.161. The van der Waals surface area contributed by atoms with Crippen LogP contribution in [0, 0.1) is 13.8 Å². The van der Waals surface area contributed by atoms with Crippen LogP contribution in [0.3, 0.4) is 0 Å². The fourth-order valence-corrected chi connectivity index (χ4v) is 2.80. The Morgan fingerprint density at radius 3 is 2.72 bits per heavy atom. The number of methoxy groups -OCH3 is 1. The Bertz CT molecular complexity index is 354. The standard InChI is InChI=1S/C15H25NOS/c1-13-7-5-8-15(14(13)2)18-12-6-9-16(3)10-11-17-4/h5,7-8H,6,9-12H2,1-4H3. The van der Waals surface area contributed by atoms with Crippen molar-refractivity contribution in [3.8, 4) is 0 Å². The summed E-state index contributed by atoms with van der Waals surface area (Å²) in [5.74, 6) is 1.18. The summed E-state index contributed by atoms with van der Waals surface area (Å²) in [7, 11) is 3.91. The van der Waals surface area contributed by atoms with E-state index in [0.717, 1.165) is 19.7 Å². The maximum absolute atomic E-state index is 5.07. The zero-order chi connectivity index (χ0) is 13.4. The van der Waals surface area contributed by atoms with Crippen LogP contribution >= 0.6 is 11.8 Å². The molecule has 1 aromatic rings. The molecule has 0 amide bonds. The predicted molar refractivity (Wildman–Crippen MR) is 80.6 cm³/mol. The summed E-state index contributed by atoms with van der Waals surface area (Å²) >= 11 is 1.97. The number of likely N-dealkylation sites (N-methyl/N-ethyl adjacent to an activating group) is 1. The van der Waals surface area contributed by atoms with Gasteiger partial charge in [-0.2, -0.15) is 0 Å². The maximum Gasteiger partial charge on any atom is 0.0589 e. The molecular weight excluding hydrogens is 242 g/mol. The van der Waals surface area contributed by atoms with E-state index >= 15 is 0 Å². The number of rotatable bonds is 8. The van der Waals surface area contributed by atoms with E-state index in [0.29, 0.717) is 0 Å². The summed E-state index contributed by atoms with van der Waals surface area (Å²) < 4.78 is 5.07. The van der Waals surface area contributed by atoms with Gasteiger partial charge in [0.1, 0.15) is 0 Å². The molecule has 0 radical (unpaired) electrons. The van der Waals surface area contributed by atoms with Crippen molar-refractivity contribution in [1.82, 2.24) is 4.90 Å². The van der Waals surface area contributed by atoms with Gasteiger partial charge in [-0.15, -0.1) is 11.8 Å². The third-order valence-electron chi connectivity index (χ3n) is 3.17. The van der Waals surface area contributed by atoms with E-state index in [1.54, 1.807) is 7.11 Å². The van der Waals surface area contributed by atoms with E-state index in [1.807, 2.05) is 11.8 Å². The van der Waals surface area contributed by atoms with Gasteiger partial charge in [0.25, 0.3) is 0 Å². The van der Waals surface area contributed by atoms with E-state index in [2.05, 4.69) is 44.0 Å². The monoisotopic (exact) mass is 267 g/mol. The Labute approximate surface area is 116 Å². The average molecular weight is 267 g/mol. The molecule has 18 heavy (non-hydrogen) atoms. The Morgan fingerprint density at radius 2 is 2.00 bits per heavy atom. The van der Waals surface area contributed by atoms with E-state index in [-0.39, 0.29) is 0 Å². The molecule has 0 aliphatic rings. The Hall–Kier alpha value is -0.510. The highest BCUT2D eigenvalue weighted by molar-refractivity contribution is 7.99. The zero-order valence-electron chi connectivity index (χ0n) is 12.0. The molecule has 1 rings (SSSR count). The van der Waals surface area contributed by atoms with Crippen molar-refractivity contribution in [2.75, 3.05) is 39.6 Å². The van der Waals surface area contributed by atoms with Crippen molar-refractivity contribution < 1.29 is 4.74 Å². The molecule has 0 aliphatic carbocycles. The molecule has 0 fully saturated rings. The minimum Gasteiger partial charge on any atom is -0.383 e. The summed E-state index contributed by atoms with van der Waals surface area (Å²) in [5, 5.41) is 0. The van der Waals surface area contributed by atoms with Crippen LogP contribution in [0.15, 0.2) is 23.1 Å². The molecular formula is C15H25NOS. The molecule has 0 heterocycles. The lowest BCUT2D eigenvalue weighted by Gasteiger charge is -2.15. The summed E-state index contributed by atoms with van der Waals surface area (Å²) in [5.41, 5.74) is 2.81. The van der Waals surface area contributed by atoms with Crippen molar-refractivity contribution >= 4 is 11.8 Å². The van der Waals surface area contributed by atoms with Gasteiger partial charge in [0, 0.05) is 18.6 Å². The number of nitrogens with zero attached hydrogens (tertiary/aromatic N) is 1. The molecule has 1 aromatic carbocycles. The van der Waals surface area contributed by atoms with Crippen molar-refractivity contribution in [3.63, 3.8) is 0 Å². The number of hydrogen-bond acceptors (Lipinski definition) is 3. The quantitative estimate of drug-likeness (QED) is 0.529. The molecule has 0 saturated carbocycles. The van der Waals surface area contributed by atoms with Crippen LogP contribution in [0.1, 0.15) is 17.5 Å². The van der Waals surface area contributed by atoms with Gasteiger partial charge in [-0.25, -0.2) is 0 Å². The third kappa shape index (κ3) is 5.42. The molecule has 0 aromatic heterocycles. The molecule has 3 heteroatoms. The largest absolute Gasteiger partial charge is 0.383 e.